The summed E-state index contributed by atoms with van der Waals surface area (Å²) in [6.45, 7) is 3.81. The Morgan fingerprint density at radius 2 is 1.97 bits per heavy atom. The summed E-state index contributed by atoms with van der Waals surface area (Å²) in [5, 5.41) is 2.78. The van der Waals surface area contributed by atoms with Crippen molar-refractivity contribution in [1.29, 1.82) is 0 Å². The second-order valence-corrected chi connectivity index (χ2v) is 9.13. The van der Waals surface area contributed by atoms with Gasteiger partial charge in [-0.1, -0.05) is 32.0 Å². The Kier molecular flexibility index (Phi) is 6.92. The third kappa shape index (κ3) is 4.79. The lowest BCUT2D eigenvalue weighted by Crippen LogP contribution is -2.54. The van der Waals surface area contributed by atoms with Crippen LogP contribution in [0.3, 0.4) is 0 Å². The maximum Gasteiger partial charge on any atom is 0.251 e. The van der Waals surface area contributed by atoms with Crippen LogP contribution in [0.5, 0.6) is 0 Å². The highest BCUT2D eigenvalue weighted by molar-refractivity contribution is 5.99. The lowest BCUT2D eigenvalue weighted by molar-refractivity contribution is -0.139. The highest BCUT2D eigenvalue weighted by Gasteiger charge is 2.53. The number of amides is 2. The van der Waals surface area contributed by atoms with Crippen LogP contribution in [0, 0.1) is 5.92 Å². The number of Topliss-reactive ketones (excluding diaryl/α,β-unsaturated/α-hetero) is 1. The molecule has 0 radical (unpaired) electrons. The standard InChI is InChI=1S/C25H29FN4O4/c1-15(2)21(25(33)30-13-18(26)23-22(30)19(31)14-34-23)28-24(32)17-9-7-16(8-10-17)12-29(3)20-6-4-5-11-27-20/h4-11,15,18,21-23H,12-14H2,1-3H3,(H,28,32)/t18-,21?,22+,23+/m0/s1. The van der Waals surface area contributed by atoms with E-state index in [1.165, 1.54) is 4.90 Å². The Balaban J connectivity index is 1.42. The predicted molar refractivity (Wildman–Crippen MR) is 124 cm³/mol. The molecule has 4 rings (SSSR count). The Morgan fingerprint density at radius 1 is 1.24 bits per heavy atom. The molecule has 2 aliphatic heterocycles. The lowest BCUT2D eigenvalue weighted by atomic mass is 10.0. The van der Waals surface area contributed by atoms with E-state index in [0.717, 1.165) is 11.4 Å². The molecule has 1 aromatic heterocycles. The van der Waals surface area contributed by atoms with E-state index in [4.69, 9.17) is 4.74 Å². The number of ketones is 1. The molecular weight excluding hydrogens is 439 g/mol. The fourth-order valence-corrected chi connectivity index (χ4v) is 4.44. The van der Waals surface area contributed by atoms with Crippen molar-refractivity contribution in [1.82, 2.24) is 15.2 Å². The van der Waals surface area contributed by atoms with Gasteiger partial charge in [-0.05, 0) is 35.7 Å². The van der Waals surface area contributed by atoms with E-state index in [0.29, 0.717) is 12.1 Å². The summed E-state index contributed by atoms with van der Waals surface area (Å²) in [6, 6.07) is 11.0. The van der Waals surface area contributed by atoms with Crippen molar-refractivity contribution in [2.24, 2.45) is 5.92 Å². The van der Waals surface area contributed by atoms with Crippen molar-refractivity contribution in [3.05, 3.63) is 59.8 Å². The minimum atomic E-state index is -1.42. The van der Waals surface area contributed by atoms with Crippen molar-refractivity contribution in [3.8, 4) is 0 Å². The molecule has 2 aliphatic rings. The van der Waals surface area contributed by atoms with Gasteiger partial charge in [0.15, 0.2) is 5.78 Å². The molecule has 2 aromatic rings. The molecule has 3 heterocycles. The normalized spacial score (nSPS) is 22.6. The van der Waals surface area contributed by atoms with Crippen LogP contribution in [-0.4, -0.2) is 72.0 Å². The number of halogens is 1. The largest absolute Gasteiger partial charge is 0.365 e. The molecular formula is C25H29FN4O4. The molecule has 1 aromatic carbocycles. The minimum Gasteiger partial charge on any atom is -0.365 e. The van der Waals surface area contributed by atoms with E-state index in [1.807, 2.05) is 42.3 Å². The second kappa shape index (κ2) is 9.89. The molecule has 0 bridgehead atoms. The SMILES string of the molecule is CC(C)C(NC(=O)c1ccc(CN(C)c2ccccn2)cc1)C(=O)N1C[C@H](F)[C@H]2OCC(=O)[C@H]21. The first-order chi connectivity index (χ1) is 16.3. The molecule has 2 amide bonds. The first kappa shape index (κ1) is 23.8. The van der Waals surface area contributed by atoms with Gasteiger partial charge in [0.2, 0.25) is 5.91 Å². The van der Waals surface area contributed by atoms with Crippen LogP contribution in [0.2, 0.25) is 0 Å². The van der Waals surface area contributed by atoms with Gasteiger partial charge in [0.25, 0.3) is 5.91 Å². The number of nitrogens with one attached hydrogen (secondary N) is 1. The summed E-state index contributed by atoms with van der Waals surface area (Å²) < 4.78 is 19.6. The van der Waals surface area contributed by atoms with Crippen molar-refractivity contribution in [2.45, 2.75) is 44.8 Å². The monoisotopic (exact) mass is 468 g/mol. The summed E-state index contributed by atoms with van der Waals surface area (Å²) >= 11 is 0. The van der Waals surface area contributed by atoms with E-state index in [-0.39, 0.29) is 24.9 Å². The number of hydrogen-bond acceptors (Lipinski definition) is 6. The van der Waals surface area contributed by atoms with E-state index < -0.39 is 36.2 Å². The number of rotatable bonds is 7. The number of aromatic nitrogens is 1. The smallest absolute Gasteiger partial charge is 0.251 e. The van der Waals surface area contributed by atoms with E-state index in [1.54, 1.807) is 32.2 Å². The number of ether oxygens (including phenoxy) is 1. The number of nitrogens with zero attached hydrogens (tertiary/aromatic N) is 3. The van der Waals surface area contributed by atoms with Crippen molar-refractivity contribution in [3.63, 3.8) is 0 Å². The number of hydrogen-bond donors (Lipinski definition) is 1. The van der Waals surface area contributed by atoms with Crippen LogP contribution >= 0.6 is 0 Å². The summed E-state index contributed by atoms with van der Waals surface area (Å²) in [5.41, 5.74) is 1.41. The average Bonchev–Trinajstić information content (AvgIpc) is 3.38. The third-order valence-corrected chi connectivity index (χ3v) is 6.30. The number of carbonyl (C=O) groups excluding carboxylic acids is 3. The number of carbonyl (C=O) groups is 3. The lowest BCUT2D eigenvalue weighted by Gasteiger charge is -2.29. The molecule has 34 heavy (non-hydrogen) atoms. The van der Waals surface area contributed by atoms with Gasteiger partial charge in [-0.3, -0.25) is 14.4 Å². The highest BCUT2D eigenvalue weighted by Crippen LogP contribution is 2.30. The number of pyridine rings is 1. The predicted octanol–water partition coefficient (Wildman–Crippen LogP) is 1.99. The van der Waals surface area contributed by atoms with E-state index in [2.05, 4.69) is 10.3 Å². The zero-order chi connectivity index (χ0) is 24.4. The maximum absolute atomic E-state index is 14.3. The number of likely N-dealkylation sites (tertiary alicyclic amines) is 1. The second-order valence-electron chi connectivity index (χ2n) is 9.13. The summed E-state index contributed by atoms with van der Waals surface area (Å²) in [5.74, 6) is -0.589. The van der Waals surface area contributed by atoms with Gasteiger partial charge in [0.1, 0.15) is 36.8 Å². The number of anilines is 1. The van der Waals surface area contributed by atoms with Gasteiger partial charge < -0.3 is 19.9 Å². The molecule has 0 saturated carbocycles. The molecule has 4 atom stereocenters. The van der Waals surface area contributed by atoms with Crippen LogP contribution in [0.15, 0.2) is 48.7 Å². The number of benzene rings is 1. The summed E-state index contributed by atoms with van der Waals surface area (Å²) in [6.07, 6.45) is -0.602. The van der Waals surface area contributed by atoms with Gasteiger partial charge in [0.05, 0.1) is 6.54 Å². The van der Waals surface area contributed by atoms with Crippen molar-refractivity contribution < 1.29 is 23.5 Å². The summed E-state index contributed by atoms with van der Waals surface area (Å²) in [7, 11) is 1.94. The fraction of sp³-hybridized carbons (Fsp3) is 0.440. The average molecular weight is 469 g/mol. The van der Waals surface area contributed by atoms with Gasteiger partial charge in [-0.25, -0.2) is 9.37 Å². The van der Waals surface area contributed by atoms with Crippen molar-refractivity contribution in [2.75, 3.05) is 25.1 Å². The Bertz CT molecular complexity index is 1050. The molecule has 1 unspecified atom stereocenters. The molecule has 1 N–H and O–H groups in total. The van der Waals surface area contributed by atoms with E-state index >= 15 is 0 Å². The summed E-state index contributed by atoms with van der Waals surface area (Å²) in [4.78, 5) is 45.9. The Hall–Kier alpha value is -3.33. The van der Waals surface area contributed by atoms with Gasteiger partial charge >= 0.3 is 0 Å². The highest BCUT2D eigenvalue weighted by atomic mass is 19.1. The van der Waals surface area contributed by atoms with Crippen molar-refractivity contribution >= 4 is 23.4 Å². The van der Waals surface area contributed by atoms with Crippen LogP contribution in [-0.2, 0) is 20.9 Å². The maximum atomic E-state index is 14.3. The van der Waals surface area contributed by atoms with Gasteiger partial charge in [-0.15, -0.1) is 0 Å². The zero-order valence-corrected chi connectivity index (χ0v) is 19.5. The van der Waals surface area contributed by atoms with Gasteiger partial charge in [-0.2, -0.15) is 0 Å². The zero-order valence-electron chi connectivity index (χ0n) is 19.5. The molecule has 0 aliphatic carbocycles. The molecule has 9 heteroatoms. The van der Waals surface area contributed by atoms with Gasteiger partial charge in [0, 0.05) is 25.4 Å². The van der Waals surface area contributed by atoms with Crippen LogP contribution < -0.4 is 10.2 Å². The molecule has 8 nitrogen and oxygen atoms in total. The van der Waals surface area contributed by atoms with Crippen LogP contribution in [0.25, 0.3) is 0 Å². The first-order valence-electron chi connectivity index (χ1n) is 11.4. The quantitative estimate of drug-likeness (QED) is 0.668. The van der Waals surface area contributed by atoms with Crippen LogP contribution in [0.4, 0.5) is 10.2 Å². The third-order valence-electron chi connectivity index (χ3n) is 6.30. The molecule has 180 valence electrons. The molecule has 2 saturated heterocycles. The first-order valence-corrected chi connectivity index (χ1v) is 11.4. The minimum absolute atomic E-state index is 0.194. The number of alkyl halides is 1. The molecule has 2 fully saturated rings. The number of fused-ring (bicyclic) bond motifs is 1. The molecule has 0 spiro atoms. The Morgan fingerprint density at radius 3 is 2.62 bits per heavy atom. The topological polar surface area (TPSA) is 91.8 Å². The van der Waals surface area contributed by atoms with E-state index in [9.17, 15) is 18.8 Å². The van der Waals surface area contributed by atoms with Crippen LogP contribution in [0.1, 0.15) is 29.8 Å². The Labute approximate surface area is 198 Å². The fourth-order valence-electron chi connectivity index (χ4n) is 4.44.